The van der Waals surface area contributed by atoms with Crippen LogP contribution in [-0.2, 0) is 0 Å². The summed E-state index contributed by atoms with van der Waals surface area (Å²) in [6.45, 7) is 6.59. The van der Waals surface area contributed by atoms with Gasteiger partial charge in [-0.15, -0.1) is 11.3 Å². The van der Waals surface area contributed by atoms with E-state index in [1.54, 1.807) is 0 Å². The molecule has 1 aromatic heterocycles. The highest BCUT2D eigenvalue weighted by atomic mass is 32.1. The van der Waals surface area contributed by atoms with Crippen LogP contribution >= 0.6 is 11.3 Å². The fourth-order valence-corrected chi connectivity index (χ4v) is 6.87. The highest BCUT2D eigenvalue weighted by Gasteiger charge is 2.14. The minimum atomic E-state index is 0.967. The van der Waals surface area contributed by atoms with Crippen molar-refractivity contribution >= 4 is 54.0 Å². The lowest BCUT2D eigenvalue weighted by Gasteiger charge is -2.25. The van der Waals surface area contributed by atoms with Gasteiger partial charge in [0.1, 0.15) is 0 Å². The zero-order valence-electron chi connectivity index (χ0n) is 24.2. The standard InChI is InChI=1S/C39H35NS/c1-5-28(24-29(6-2)32-22-23-38-35(26-32)34-19-10-11-21-37(34)41-38)31-17-13-18-33(25-31)40(4)36-20-12-14-27(3)39(36)30-15-8-7-9-16-30/h5,7-26H,6H2,1-4H3/b28-5+,29-24+. The molecule has 2 heteroatoms. The predicted octanol–water partition coefficient (Wildman–Crippen LogP) is 11.7. The molecule has 0 saturated carbocycles. The Kier molecular flexibility index (Phi) is 7.59. The lowest BCUT2D eigenvalue weighted by molar-refractivity contribution is 1.20. The molecule has 5 aromatic carbocycles. The van der Waals surface area contributed by atoms with Crippen molar-refractivity contribution in [3.63, 3.8) is 0 Å². The molecule has 0 radical (unpaired) electrons. The first-order valence-electron chi connectivity index (χ1n) is 14.3. The molecule has 0 fully saturated rings. The first-order valence-corrected chi connectivity index (χ1v) is 15.2. The largest absolute Gasteiger partial charge is 0.344 e. The topological polar surface area (TPSA) is 3.24 Å². The SMILES string of the molecule is C/C=C(\C=C(/CC)c1ccc2sc3ccccc3c2c1)c1cccc(N(C)c2cccc(C)c2-c2ccccc2)c1. The Hall–Kier alpha value is -4.40. The fourth-order valence-electron chi connectivity index (χ4n) is 5.78. The van der Waals surface area contributed by atoms with E-state index in [-0.39, 0.29) is 0 Å². The number of anilines is 2. The number of nitrogens with zero attached hydrogens (tertiary/aromatic N) is 1. The van der Waals surface area contributed by atoms with Crippen molar-refractivity contribution in [3.8, 4) is 11.1 Å². The van der Waals surface area contributed by atoms with Crippen LogP contribution in [0.5, 0.6) is 0 Å². The molecule has 0 saturated heterocycles. The molecule has 0 aliphatic rings. The van der Waals surface area contributed by atoms with Gasteiger partial charge in [0.25, 0.3) is 0 Å². The summed E-state index contributed by atoms with van der Waals surface area (Å²) in [6.07, 6.45) is 5.57. The summed E-state index contributed by atoms with van der Waals surface area (Å²) in [5, 5.41) is 2.69. The van der Waals surface area contributed by atoms with Gasteiger partial charge in [-0.2, -0.15) is 0 Å². The van der Waals surface area contributed by atoms with Crippen molar-refractivity contribution in [1.29, 1.82) is 0 Å². The van der Waals surface area contributed by atoms with E-state index in [1.807, 2.05) is 11.3 Å². The molecule has 0 aliphatic heterocycles. The van der Waals surface area contributed by atoms with E-state index in [2.05, 4.69) is 160 Å². The van der Waals surface area contributed by atoms with Gasteiger partial charge in [-0.25, -0.2) is 0 Å². The molecule has 1 nitrogen and oxygen atoms in total. The molecule has 0 unspecified atom stereocenters. The van der Waals surface area contributed by atoms with Crippen molar-refractivity contribution < 1.29 is 0 Å². The second-order valence-corrected chi connectivity index (χ2v) is 11.6. The van der Waals surface area contributed by atoms with Crippen LogP contribution in [0.4, 0.5) is 11.4 Å². The van der Waals surface area contributed by atoms with Gasteiger partial charge < -0.3 is 4.90 Å². The predicted molar refractivity (Wildman–Crippen MR) is 182 cm³/mol. The second kappa shape index (κ2) is 11.6. The second-order valence-electron chi connectivity index (χ2n) is 10.5. The average molecular weight is 550 g/mol. The van der Waals surface area contributed by atoms with Crippen molar-refractivity contribution in [2.24, 2.45) is 0 Å². The minimum absolute atomic E-state index is 0.967. The maximum atomic E-state index is 2.38. The number of rotatable bonds is 7. The van der Waals surface area contributed by atoms with E-state index in [1.165, 1.54) is 70.5 Å². The summed E-state index contributed by atoms with van der Waals surface area (Å²) < 4.78 is 2.69. The van der Waals surface area contributed by atoms with Gasteiger partial charge in [0.15, 0.2) is 0 Å². The van der Waals surface area contributed by atoms with Crippen LogP contribution in [0, 0.1) is 6.92 Å². The van der Waals surface area contributed by atoms with Gasteiger partial charge in [-0.3, -0.25) is 0 Å². The van der Waals surface area contributed by atoms with E-state index in [4.69, 9.17) is 0 Å². The normalized spacial score (nSPS) is 12.3. The first kappa shape index (κ1) is 26.8. The summed E-state index contributed by atoms with van der Waals surface area (Å²) in [4.78, 5) is 2.31. The van der Waals surface area contributed by atoms with Gasteiger partial charge in [-0.05, 0) is 90.1 Å². The first-order chi connectivity index (χ1) is 20.1. The fraction of sp³-hybridized carbons (Fsp3) is 0.128. The van der Waals surface area contributed by atoms with Crippen LogP contribution < -0.4 is 4.90 Å². The van der Waals surface area contributed by atoms with E-state index >= 15 is 0 Å². The quantitative estimate of drug-likeness (QED) is 0.179. The zero-order valence-corrected chi connectivity index (χ0v) is 25.0. The Balaban J connectivity index is 1.36. The monoisotopic (exact) mass is 549 g/mol. The molecule has 0 amide bonds. The summed E-state index contributed by atoms with van der Waals surface area (Å²) in [5.41, 5.74) is 11.3. The number of allylic oxidation sites excluding steroid dienone is 4. The highest BCUT2D eigenvalue weighted by molar-refractivity contribution is 7.25. The van der Waals surface area contributed by atoms with Crippen molar-refractivity contribution in [1.82, 2.24) is 0 Å². The maximum Gasteiger partial charge on any atom is 0.0490 e. The van der Waals surface area contributed by atoms with E-state index < -0.39 is 0 Å². The van der Waals surface area contributed by atoms with Gasteiger partial charge >= 0.3 is 0 Å². The van der Waals surface area contributed by atoms with E-state index in [9.17, 15) is 0 Å². The third kappa shape index (κ3) is 5.24. The smallest absolute Gasteiger partial charge is 0.0490 e. The third-order valence-electron chi connectivity index (χ3n) is 8.01. The van der Waals surface area contributed by atoms with Gasteiger partial charge in [0, 0.05) is 44.2 Å². The van der Waals surface area contributed by atoms with Crippen molar-refractivity contribution in [2.75, 3.05) is 11.9 Å². The Labute approximate surface area is 247 Å². The molecule has 0 N–H and O–H groups in total. The number of thiophene rings is 1. The zero-order chi connectivity index (χ0) is 28.3. The molecular weight excluding hydrogens is 515 g/mol. The summed E-state index contributed by atoms with van der Waals surface area (Å²) in [7, 11) is 2.17. The Morgan fingerprint density at radius 3 is 2.29 bits per heavy atom. The molecule has 0 atom stereocenters. The van der Waals surface area contributed by atoms with Crippen LogP contribution in [0.1, 0.15) is 37.0 Å². The van der Waals surface area contributed by atoms with E-state index in [0.29, 0.717) is 0 Å². The summed E-state index contributed by atoms with van der Waals surface area (Å²) in [6, 6.07) is 41.8. The maximum absolute atomic E-state index is 2.38. The Morgan fingerprint density at radius 2 is 1.49 bits per heavy atom. The van der Waals surface area contributed by atoms with Crippen molar-refractivity contribution in [2.45, 2.75) is 27.2 Å². The Bertz CT molecular complexity index is 1910. The third-order valence-corrected chi connectivity index (χ3v) is 9.16. The molecule has 202 valence electrons. The lowest BCUT2D eigenvalue weighted by Crippen LogP contribution is -2.11. The van der Waals surface area contributed by atoms with Crippen LogP contribution in [-0.4, -0.2) is 7.05 Å². The van der Waals surface area contributed by atoms with Crippen LogP contribution in [0.2, 0.25) is 0 Å². The highest BCUT2D eigenvalue weighted by Crippen LogP contribution is 2.39. The average Bonchev–Trinajstić information content (AvgIpc) is 3.40. The Morgan fingerprint density at radius 1 is 0.732 bits per heavy atom. The van der Waals surface area contributed by atoms with E-state index in [0.717, 1.165) is 6.42 Å². The molecule has 0 bridgehead atoms. The number of benzene rings is 5. The number of aryl methyl sites for hydroxylation is 1. The molecule has 6 rings (SSSR count). The number of hydrogen-bond acceptors (Lipinski definition) is 2. The van der Waals surface area contributed by atoms with Crippen molar-refractivity contribution in [3.05, 3.63) is 144 Å². The molecule has 0 aliphatic carbocycles. The summed E-state index contributed by atoms with van der Waals surface area (Å²) >= 11 is 1.87. The van der Waals surface area contributed by atoms with Gasteiger partial charge in [-0.1, -0.05) is 97.9 Å². The lowest BCUT2D eigenvalue weighted by atomic mass is 9.95. The summed E-state index contributed by atoms with van der Waals surface area (Å²) in [5.74, 6) is 0. The van der Waals surface area contributed by atoms with Crippen LogP contribution in [0.15, 0.2) is 127 Å². The van der Waals surface area contributed by atoms with Gasteiger partial charge in [0.05, 0.1) is 0 Å². The molecule has 1 heterocycles. The number of fused-ring (bicyclic) bond motifs is 3. The molecule has 0 spiro atoms. The minimum Gasteiger partial charge on any atom is -0.344 e. The van der Waals surface area contributed by atoms with Crippen LogP contribution in [0.3, 0.4) is 0 Å². The van der Waals surface area contributed by atoms with Gasteiger partial charge in [0.2, 0.25) is 0 Å². The van der Waals surface area contributed by atoms with Crippen LogP contribution in [0.25, 0.3) is 42.4 Å². The number of hydrogen-bond donors (Lipinski definition) is 0. The molecular formula is C39H35NS. The molecule has 6 aromatic rings. The molecule has 41 heavy (non-hydrogen) atoms.